The highest BCUT2D eigenvalue weighted by atomic mass is 14.9. The Balaban J connectivity index is 1.74. The van der Waals surface area contributed by atoms with Crippen molar-refractivity contribution >= 4 is 0 Å². The van der Waals surface area contributed by atoms with Gasteiger partial charge in [0.1, 0.15) is 0 Å². The molecule has 0 spiro atoms. The highest BCUT2D eigenvalue weighted by Crippen LogP contribution is 2.38. The molecule has 0 heterocycles. The lowest BCUT2D eigenvalue weighted by Crippen LogP contribution is -2.34. The van der Waals surface area contributed by atoms with E-state index < -0.39 is 0 Å². The second-order valence-corrected chi connectivity index (χ2v) is 6.70. The van der Waals surface area contributed by atoms with Gasteiger partial charge in [-0.05, 0) is 55.2 Å². The molecule has 0 aliphatic heterocycles. The van der Waals surface area contributed by atoms with Crippen LogP contribution in [0.1, 0.15) is 81.3 Å². The Morgan fingerprint density at radius 1 is 0.850 bits per heavy atom. The number of hydrogen-bond donors (Lipinski definition) is 1. The normalized spacial score (nSPS) is 27.9. The molecule has 2 saturated carbocycles. The number of rotatable bonds is 4. The fraction of sp³-hybridized carbons (Fsp3) is 0.684. The van der Waals surface area contributed by atoms with Crippen molar-refractivity contribution in [3.05, 3.63) is 35.4 Å². The Morgan fingerprint density at radius 3 is 2.20 bits per heavy atom. The highest BCUT2D eigenvalue weighted by molar-refractivity contribution is 5.29. The van der Waals surface area contributed by atoms with Gasteiger partial charge in [0.2, 0.25) is 0 Å². The van der Waals surface area contributed by atoms with Gasteiger partial charge in [-0.1, -0.05) is 56.9 Å². The van der Waals surface area contributed by atoms with Crippen molar-refractivity contribution in [1.29, 1.82) is 0 Å². The van der Waals surface area contributed by atoms with Crippen molar-refractivity contribution in [2.45, 2.75) is 76.2 Å². The summed E-state index contributed by atoms with van der Waals surface area (Å²) in [6.45, 7) is 3.34. The number of nitrogens with one attached hydrogen (secondary N) is 1. The van der Waals surface area contributed by atoms with Crippen LogP contribution in [0.2, 0.25) is 0 Å². The third-order valence-corrected chi connectivity index (χ3v) is 5.42. The first-order valence-electron chi connectivity index (χ1n) is 8.71. The second-order valence-electron chi connectivity index (χ2n) is 6.70. The van der Waals surface area contributed by atoms with Crippen molar-refractivity contribution in [2.75, 3.05) is 6.54 Å². The maximum absolute atomic E-state index is 3.73. The van der Waals surface area contributed by atoms with Crippen LogP contribution in [0.5, 0.6) is 0 Å². The fourth-order valence-corrected chi connectivity index (χ4v) is 3.97. The summed E-state index contributed by atoms with van der Waals surface area (Å²) in [5.41, 5.74) is 3.15. The van der Waals surface area contributed by atoms with Gasteiger partial charge in [-0.3, -0.25) is 0 Å². The van der Waals surface area contributed by atoms with E-state index in [4.69, 9.17) is 0 Å². The quantitative estimate of drug-likeness (QED) is 0.762. The topological polar surface area (TPSA) is 12.0 Å². The van der Waals surface area contributed by atoms with Gasteiger partial charge in [0.15, 0.2) is 0 Å². The molecule has 1 heteroatoms. The molecule has 2 aliphatic rings. The predicted molar refractivity (Wildman–Crippen MR) is 86.3 cm³/mol. The average molecular weight is 271 g/mol. The van der Waals surface area contributed by atoms with Crippen molar-refractivity contribution in [3.63, 3.8) is 0 Å². The third kappa shape index (κ3) is 3.09. The maximum Gasteiger partial charge on any atom is 0.0136 e. The van der Waals surface area contributed by atoms with E-state index in [1.54, 1.807) is 11.1 Å². The van der Waals surface area contributed by atoms with Gasteiger partial charge in [-0.2, -0.15) is 0 Å². The van der Waals surface area contributed by atoms with E-state index in [2.05, 4.69) is 36.5 Å². The van der Waals surface area contributed by atoms with Crippen LogP contribution in [0.15, 0.2) is 24.3 Å². The monoisotopic (exact) mass is 271 g/mol. The minimum atomic E-state index is 0.692. The standard InChI is InChI=1S/C19H29N/c1-2-20-19-10-5-3-4-9-18(19)17-13-11-16(12-14-17)15-7-6-8-15/h11-15,18-20H,2-10H2,1H3. The number of benzene rings is 1. The van der Waals surface area contributed by atoms with Crippen LogP contribution in [0.25, 0.3) is 0 Å². The van der Waals surface area contributed by atoms with Gasteiger partial charge in [0, 0.05) is 6.04 Å². The van der Waals surface area contributed by atoms with Gasteiger partial charge < -0.3 is 5.32 Å². The molecular formula is C19H29N. The fourth-order valence-electron chi connectivity index (χ4n) is 3.97. The van der Waals surface area contributed by atoms with E-state index in [9.17, 15) is 0 Å². The van der Waals surface area contributed by atoms with Gasteiger partial charge in [-0.15, -0.1) is 0 Å². The van der Waals surface area contributed by atoms with E-state index in [-0.39, 0.29) is 0 Å². The van der Waals surface area contributed by atoms with E-state index in [1.165, 1.54) is 51.4 Å². The summed E-state index contributed by atoms with van der Waals surface area (Å²) in [4.78, 5) is 0. The molecule has 1 N–H and O–H groups in total. The molecule has 2 fully saturated rings. The molecule has 110 valence electrons. The van der Waals surface area contributed by atoms with E-state index in [0.717, 1.165) is 18.4 Å². The molecule has 1 nitrogen and oxygen atoms in total. The van der Waals surface area contributed by atoms with Crippen LogP contribution in [-0.2, 0) is 0 Å². The van der Waals surface area contributed by atoms with Crippen molar-refractivity contribution in [3.8, 4) is 0 Å². The molecule has 0 aromatic heterocycles. The molecule has 3 rings (SSSR count). The highest BCUT2D eigenvalue weighted by Gasteiger charge is 2.25. The molecule has 0 amide bonds. The summed E-state index contributed by atoms with van der Waals surface area (Å²) in [7, 11) is 0. The van der Waals surface area contributed by atoms with Crippen molar-refractivity contribution in [1.82, 2.24) is 5.32 Å². The Morgan fingerprint density at radius 2 is 1.55 bits per heavy atom. The molecule has 2 atom stereocenters. The Hall–Kier alpha value is -0.820. The largest absolute Gasteiger partial charge is 0.314 e. The summed E-state index contributed by atoms with van der Waals surface area (Å²) in [6, 6.07) is 10.4. The molecular weight excluding hydrogens is 242 g/mol. The minimum Gasteiger partial charge on any atom is -0.314 e. The van der Waals surface area contributed by atoms with E-state index in [1.807, 2.05) is 0 Å². The smallest absolute Gasteiger partial charge is 0.0136 e. The first kappa shape index (κ1) is 14.1. The molecule has 20 heavy (non-hydrogen) atoms. The molecule has 2 aliphatic carbocycles. The van der Waals surface area contributed by atoms with Gasteiger partial charge in [0.25, 0.3) is 0 Å². The molecule has 1 aromatic rings. The summed E-state index contributed by atoms with van der Waals surface area (Å²) < 4.78 is 0. The van der Waals surface area contributed by atoms with Gasteiger partial charge in [-0.25, -0.2) is 0 Å². The van der Waals surface area contributed by atoms with E-state index in [0.29, 0.717) is 6.04 Å². The first-order valence-corrected chi connectivity index (χ1v) is 8.71. The Labute approximate surface area is 124 Å². The van der Waals surface area contributed by atoms with Crippen molar-refractivity contribution in [2.24, 2.45) is 0 Å². The van der Waals surface area contributed by atoms with E-state index >= 15 is 0 Å². The first-order chi connectivity index (χ1) is 9.88. The molecule has 1 aromatic carbocycles. The lowest BCUT2D eigenvalue weighted by molar-refractivity contribution is 0.414. The Bertz CT molecular complexity index is 404. The number of likely N-dealkylation sites (N-methyl/N-ethyl adjacent to an activating group) is 1. The minimum absolute atomic E-state index is 0.692. The lowest BCUT2D eigenvalue weighted by Gasteiger charge is -2.28. The summed E-state index contributed by atoms with van der Waals surface area (Å²) >= 11 is 0. The van der Waals surface area contributed by atoms with Crippen LogP contribution in [0.4, 0.5) is 0 Å². The second kappa shape index (κ2) is 6.76. The Kier molecular flexibility index (Phi) is 4.77. The lowest BCUT2D eigenvalue weighted by atomic mass is 9.79. The van der Waals surface area contributed by atoms with Gasteiger partial charge >= 0.3 is 0 Å². The van der Waals surface area contributed by atoms with Crippen molar-refractivity contribution < 1.29 is 0 Å². The van der Waals surface area contributed by atoms with Crippen LogP contribution in [0, 0.1) is 0 Å². The average Bonchev–Trinajstić information content (AvgIpc) is 2.64. The zero-order chi connectivity index (χ0) is 13.8. The zero-order valence-corrected chi connectivity index (χ0v) is 12.9. The summed E-state index contributed by atoms with van der Waals surface area (Å²) in [6.07, 6.45) is 11.2. The number of hydrogen-bond acceptors (Lipinski definition) is 1. The third-order valence-electron chi connectivity index (χ3n) is 5.42. The maximum atomic E-state index is 3.73. The summed E-state index contributed by atoms with van der Waals surface area (Å²) in [5, 5.41) is 3.73. The molecule has 0 radical (unpaired) electrons. The zero-order valence-electron chi connectivity index (χ0n) is 12.9. The van der Waals surface area contributed by atoms with Crippen LogP contribution in [-0.4, -0.2) is 12.6 Å². The molecule has 0 bridgehead atoms. The SMILES string of the molecule is CCNC1CCCCCC1c1ccc(C2CCC2)cc1. The van der Waals surface area contributed by atoms with Crippen LogP contribution >= 0.6 is 0 Å². The molecule has 2 unspecified atom stereocenters. The van der Waals surface area contributed by atoms with Crippen LogP contribution < -0.4 is 5.32 Å². The molecule has 0 saturated heterocycles. The predicted octanol–water partition coefficient (Wildman–Crippen LogP) is 4.98. The van der Waals surface area contributed by atoms with Gasteiger partial charge in [0.05, 0.1) is 0 Å². The van der Waals surface area contributed by atoms with Crippen LogP contribution in [0.3, 0.4) is 0 Å². The summed E-state index contributed by atoms with van der Waals surface area (Å²) in [5.74, 6) is 1.59.